The van der Waals surface area contributed by atoms with E-state index in [0.717, 1.165) is 5.56 Å². The van der Waals surface area contributed by atoms with E-state index in [-0.39, 0.29) is 30.4 Å². The lowest BCUT2D eigenvalue weighted by Gasteiger charge is -2.24. The van der Waals surface area contributed by atoms with Crippen molar-refractivity contribution in [3.8, 4) is 0 Å². The molecule has 128 valence electrons. The highest BCUT2D eigenvalue weighted by Gasteiger charge is 2.17. The van der Waals surface area contributed by atoms with Gasteiger partial charge < -0.3 is 10.2 Å². The number of benzene rings is 1. The van der Waals surface area contributed by atoms with Crippen LogP contribution < -0.4 is 5.32 Å². The molecule has 5 nitrogen and oxygen atoms in total. The molecule has 0 heterocycles. The fourth-order valence-electron chi connectivity index (χ4n) is 2.06. The summed E-state index contributed by atoms with van der Waals surface area (Å²) in [6, 6.07) is 7.40. The van der Waals surface area contributed by atoms with Gasteiger partial charge in [0.1, 0.15) is 0 Å². The Morgan fingerprint density at radius 3 is 2.17 bits per heavy atom. The Balaban J connectivity index is 2.44. The third-order valence-electron chi connectivity index (χ3n) is 3.09. The number of carbonyl (C=O) groups is 2. The van der Waals surface area contributed by atoms with Crippen LogP contribution in [0.4, 0.5) is 0 Å². The van der Waals surface area contributed by atoms with E-state index in [4.69, 9.17) is 11.6 Å². The predicted octanol–water partition coefficient (Wildman–Crippen LogP) is 2.14. The molecule has 6 heteroatoms. The van der Waals surface area contributed by atoms with E-state index in [0.29, 0.717) is 11.6 Å². The Bertz CT molecular complexity index is 538. The quantitative estimate of drug-likeness (QED) is 0.864. The van der Waals surface area contributed by atoms with E-state index >= 15 is 0 Å². The third-order valence-corrected chi connectivity index (χ3v) is 3.34. The molecule has 1 rings (SSSR count). The monoisotopic (exact) mass is 339 g/mol. The van der Waals surface area contributed by atoms with Gasteiger partial charge in [0.2, 0.25) is 11.8 Å². The molecule has 0 aliphatic rings. The second kappa shape index (κ2) is 8.31. The molecule has 0 aliphatic heterocycles. The molecule has 0 saturated carbocycles. The summed E-state index contributed by atoms with van der Waals surface area (Å²) in [4.78, 5) is 27.4. The molecule has 0 bridgehead atoms. The zero-order valence-electron chi connectivity index (χ0n) is 14.5. The van der Waals surface area contributed by atoms with Crippen molar-refractivity contribution in [2.45, 2.75) is 32.9 Å². The number of nitrogens with zero attached hydrogens (tertiary/aromatic N) is 2. The van der Waals surface area contributed by atoms with Gasteiger partial charge in [-0.2, -0.15) is 0 Å². The molecule has 0 radical (unpaired) electrons. The maximum Gasteiger partial charge on any atom is 0.236 e. The molecule has 0 aromatic heterocycles. The number of carbonyl (C=O) groups excluding carboxylic acids is 2. The molecule has 0 spiro atoms. The van der Waals surface area contributed by atoms with Crippen LogP contribution in [-0.4, -0.2) is 54.3 Å². The molecule has 1 N–H and O–H groups in total. The van der Waals surface area contributed by atoms with Crippen LogP contribution in [0.5, 0.6) is 0 Å². The third kappa shape index (κ3) is 8.00. The van der Waals surface area contributed by atoms with Crippen LogP contribution in [0.3, 0.4) is 0 Å². The van der Waals surface area contributed by atoms with Gasteiger partial charge in [-0.3, -0.25) is 14.5 Å². The van der Waals surface area contributed by atoms with E-state index < -0.39 is 0 Å². The van der Waals surface area contributed by atoms with E-state index in [2.05, 4.69) is 5.32 Å². The summed E-state index contributed by atoms with van der Waals surface area (Å²) >= 11 is 5.85. The SMILES string of the molecule is CN(CC(=O)NC(C)(C)C)CC(=O)N(C)Cc1ccc(Cl)cc1. The average molecular weight is 340 g/mol. The van der Waals surface area contributed by atoms with Gasteiger partial charge in [0, 0.05) is 24.2 Å². The first-order chi connectivity index (χ1) is 10.6. The van der Waals surface area contributed by atoms with Gasteiger partial charge in [0.05, 0.1) is 13.1 Å². The van der Waals surface area contributed by atoms with Crippen LogP contribution in [0.1, 0.15) is 26.3 Å². The maximum absolute atomic E-state index is 12.2. The van der Waals surface area contributed by atoms with Crippen molar-refractivity contribution in [1.82, 2.24) is 15.1 Å². The van der Waals surface area contributed by atoms with Crippen LogP contribution in [0.2, 0.25) is 5.02 Å². The van der Waals surface area contributed by atoms with Crippen molar-refractivity contribution in [2.24, 2.45) is 0 Å². The van der Waals surface area contributed by atoms with Crippen molar-refractivity contribution in [2.75, 3.05) is 27.2 Å². The molecule has 0 aliphatic carbocycles. The predicted molar refractivity (Wildman–Crippen MR) is 93.3 cm³/mol. The number of amides is 2. The lowest BCUT2D eigenvalue weighted by atomic mass is 10.1. The molecule has 1 aromatic carbocycles. The van der Waals surface area contributed by atoms with Crippen molar-refractivity contribution in [3.05, 3.63) is 34.9 Å². The number of nitrogens with one attached hydrogen (secondary N) is 1. The summed E-state index contributed by atoms with van der Waals surface area (Å²) in [5, 5.41) is 3.55. The molecule has 0 saturated heterocycles. The van der Waals surface area contributed by atoms with Crippen LogP contribution in [-0.2, 0) is 16.1 Å². The molecule has 0 atom stereocenters. The summed E-state index contributed by atoms with van der Waals surface area (Å²) in [5.41, 5.74) is 0.742. The number of likely N-dealkylation sites (N-methyl/N-ethyl adjacent to an activating group) is 2. The minimum absolute atomic E-state index is 0.0361. The Morgan fingerprint density at radius 2 is 1.65 bits per heavy atom. The second-order valence-corrected chi connectivity index (χ2v) is 7.28. The highest BCUT2D eigenvalue weighted by Crippen LogP contribution is 2.11. The zero-order chi connectivity index (χ0) is 17.6. The van der Waals surface area contributed by atoms with Crippen LogP contribution in [0, 0.1) is 0 Å². The second-order valence-electron chi connectivity index (χ2n) is 6.85. The van der Waals surface area contributed by atoms with Crippen LogP contribution in [0.25, 0.3) is 0 Å². The summed E-state index contributed by atoms with van der Waals surface area (Å²) in [6.45, 7) is 6.68. The van der Waals surface area contributed by atoms with Crippen molar-refractivity contribution in [3.63, 3.8) is 0 Å². The first-order valence-corrected chi connectivity index (χ1v) is 7.92. The highest BCUT2D eigenvalue weighted by molar-refractivity contribution is 6.30. The Kier molecular flexibility index (Phi) is 7.03. The van der Waals surface area contributed by atoms with Gasteiger partial charge in [-0.25, -0.2) is 0 Å². The standard InChI is InChI=1S/C17H26ClN3O2/c1-17(2,3)19-15(22)11-20(4)12-16(23)21(5)10-13-6-8-14(18)9-7-13/h6-9H,10-12H2,1-5H3,(H,19,22). The van der Waals surface area contributed by atoms with Crippen LogP contribution in [0.15, 0.2) is 24.3 Å². The fraction of sp³-hybridized carbons (Fsp3) is 0.529. The van der Waals surface area contributed by atoms with Gasteiger partial charge in [0.25, 0.3) is 0 Å². The molecule has 2 amide bonds. The van der Waals surface area contributed by atoms with E-state index in [1.165, 1.54) is 0 Å². The first kappa shape index (κ1) is 19.5. The molecular weight excluding hydrogens is 314 g/mol. The van der Waals surface area contributed by atoms with Crippen molar-refractivity contribution >= 4 is 23.4 Å². The van der Waals surface area contributed by atoms with Crippen LogP contribution >= 0.6 is 11.6 Å². The van der Waals surface area contributed by atoms with Gasteiger partial charge >= 0.3 is 0 Å². The summed E-state index contributed by atoms with van der Waals surface area (Å²) < 4.78 is 0. The number of hydrogen-bond acceptors (Lipinski definition) is 3. The van der Waals surface area contributed by atoms with E-state index in [1.807, 2.05) is 32.9 Å². The maximum atomic E-state index is 12.2. The smallest absolute Gasteiger partial charge is 0.236 e. The van der Waals surface area contributed by atoms with Gasteiger partial charge in [0.15, 0.2) is 0 Å². The number of hydrogen-bond donors (Lipinski definition) is 1. The summed E-state index contributed by atoms with van der Waals surface area (Å²) in [7, 11) is 3.51. The average Bonchev–Trinajstić information content (AvgIpc) is 2.38. The minimum atomic E-state index is -0.271. The lowest BCUT2D eigenvalue weighted by Crippen LogP contribution is -2.46. The highest BCUT2D eigenvalue weighted by atomic mass is 35.5. The Hall–Kier alpha value is -1.59. The first-order valence-electron chi connectivity index (χ1n) is 7.55. The number of rotatable bonds is 6. The zero-order valence-corrected chi connectivity index (χ0v) is 15.3. The normalized spacial score (nSPS) is 11.4. The lowest BCUT2D eigenvalue weighted by molar-refractivity contribution is -0.132. The molecule has 0 unspecified atom stereocenters. The topological polar surface area (TPSA) is 52.7 Å². The van der Waals surface area contributed by atoms with Gasteiger partial charge in [-0.15, -0.1) is 0 Å². The Morgan fingerprint density at radius 1 is 1.09 bits per heavy atom. The van der Waals surface area contributed by atoms with E-state index in [9.17, 15) is 9.59 Å². The molecule has 1 aromatic rings. The summed E-state index contributed by atoms with van der Waals surface area (Å²) in [5.74, 6) is -0.126. The minimum Gasteiger partial charge on any atom is -0.350 e. The Labute approximate surface area is 143 Å². The van der Waals surface area contributed by atoms with Gasteiger partial charge in [-0.1, -0.05) is 23.7 Å². The fourth-order valence-corrected chi connectivity index (χ4v) is 2.19. The molecular formula is C17H26ClN3O2. The number of halogens is 1. The molecule has 23 heavy (non-hydrogen) atoms. The molecule has 0 fully saturated rings. The summed E-state index contributed by atoms with van der Waals surface area (Å²) in [6.07, 6.45) is 0. The van der Waals surface area contributed by atoms with E-state index in [1.54, 1.807) is 36.0 Å². The van der Waals surface area contributed by atoms with Crippen molar-refractivity contribution in [1.29, 1.82) is 0 Å². The van der Waals surface area contributed by atoms with Gasteiger partial charge in [-0.05, 0) is 45.5 Å². The van der Waals surface area contributed by atoms with Crippen molar-refractivity contribution < 1.29 is 9.59 Å². The largest absolute Gasteiger partial charge is 0.350 e.